The van der Waals surface area contributed by atoms with Gasteiger partial charge in [-0.3, -0.25) is 9.36 Å². The lowest BCUT2D eigenvalue weighted by atomic mass is 10.1. The molecule has 0 radical (unpaired) electrons. The summed E-state index contributed by atoms with van der Waals surface area (Å²) in [5.41, 5.74) is 0.766. The Balaban J connectivity index is 1.96. The number of fused-ring (bicyclic) bond motifs is 1. The molecule has 0 saturated heterocycles. The maximum absolute atomic E-state index is 13.7. The van der Waals surface area contributed by atoms with Crippen molar-refractivity contribution in [3.8, 4) is 5.69 Å². The Morgan fingerprint density at radius 2 is 1.60 bits per heavy atom. The highest BCUT2D eigenvalue weighted by atomic mass is 79.9. The van der Waals surface area contributed by atoms with Crippen LogP contribution in [0.3, 0.4) is 0 Å². The van der Waals surface area contributed by atoms with Crippen molar-refractivity contribution < 1.29 is 12.8 Å². The van der Waals surface area contributed by atoms with Gasteiger partial charge >= 0.3 is 0 Å². The number of rotatable bonds is 7. The molecule has 0 spiro atoms. The van der Waals surface area contributed by atoms with Crippen LogP contribution in [0.15, 0.2) is 87.0 Å². The van der Waals surface area contributed by atoms with E-state index in [0.29, 0.717) is 22.4 Å². The predicted molar refractivity (Wildman–Crippen MR) is 139 cm³/mol. The molecular weight excluding hydrogens is 533 g/mol. The predicted octanol–water partition coefficient (Wildman–Crippen LogP) is 5.70. The maximum atomic E-state index is 13.7. The van der Waals surface area contributed by atoms with Gasteiger partial charge in [-0.05, 0) is 73.5 Å². The molecule has 3 aromatic carbocycles. The van der Waals surface area contributed by atoms with Crippen molar-refractivity contribution in [2.45, 2.75) is 31.7 Å². The summed E-state index contributed by atoms with van der Waals surface area (Å²) in [6.45, 7) is 5.73. The van der Waals surface area contributed by atoms with Gasteiger partial charge in [-0.15, -0.1) is 0 Å². The topological polar surface area (TPSA) is 72.3 Å². The number of hydrogen-bond donors (Lipinski definition) is 0. The largest absolute Gasteiger partial charge is 0.268 e. The van der Waals surface area contributed by atoms with Crippen LogP contribution in [0.4, 0.5) is 4.39 Å². The molecule has 6 nitrogen and oxygen atoms in total. The number of para-hydroxylation sites is 1. The van der Waals surface area contributed by atoms with E-state index in [0.717, 1.165) is 16.6 Å². The van der Waals surface area contributed by atoms with Crippen LogP contribution in [0.5, 0.6) is 0 Å². The fraction of sp³-hybridized carbons (Fsp3) is 0.231. The van der Waals surface area contributed by atoms with Crippen molar-refractivity contribution >= 4 is 36.9 Å². The lowest BCUT2D eigenvalue weighted by Gasteiger charge is -2.31. The number of nitrogens with zero attached hydrogens (tertiary/aromatic N) is 3. The molecule has 0 saturated carbocycles. The molecule has 1 unspecified atom stereocenters. The average Bonchev–Trinajstić information content (AvgIpc) is 2.83. The van der Waals surface area contributed by atoms with E-state index in [9.17, 15) is 17.6 Å². The summed E-state index contributed by atoms with van der Waals surface area (Å²) in [5.74, 6) is -0.240. The van der Waals surface area contributed by atoms with Gasteiger partial charge in [-0.25, -0.2) is 17.8 Å². The Labute approximate surface area is 212 Å². The summed E-state index contributed by atoms with van der Waals surface area (Å²) < 4.78 is 44.6. The first-order valence-electron chi connectivity index (χ1n) is 11.1. The number of hydrogen-bond acceptors (Lipinski definition) is 4. The van der Waals surface area contributed by atoms with Gasteiger partial charge in [0.25, 0.3) is 5.56 Å². The molecule has 4 aromatic rings. The van der Waals surface area contributed by atoms with Crippen molar-refractivity contribution in [1.82, 2.24) is 13.9 Å². The Morgan fingerprint density at radius 3 is 2.23 bits per heavy atom. The van der Waals surface area contributed by atoms with Crippen LogP contribution in [0, 0.1) is 11.7 Å². The first-order chi connectivity index (χ1) is 16.6. The SMILES string of the molecule is CC(C)CN(C(C)c1nc2ccccc2c(=O)n1-c1ccc(Br)cc1)S(=O)(=O)c1ccc(F)cc1. The minimum Gasteiger partial charge on any atom is -0.268 e. The second-order valence-corrected chi connectivity index (χ2v) is 11.5. The second-order valence-electron chi connectivity index (χ2n) is 8.70. The second kappa shape index (κ2) is 10.0. The molecule has 1 heterocycles. The van der Waals surface area contributed by atoms with Crippen LogP contribution in [0.1, 0.15) is 32.6 Å². The zero-order valence-electron chi connectivity index (χ0n) is 19.5. The zero-order valence-corrected chi connectivity index (χ0v) is 21.9. The van der Waals surface area contributed by atoms with E-state index in [4.69, 9.17) is 4.98 Å². The quantitative estimate of drug-likeness (QED) is 0.292. The summed E-state index contributed by atoms with van der Waals surface area (Å²) in [6.07, 6.45) is 0. The van der Waals surface area contributed by atoms with Gasteiger partial charge in [-0.2, -0.15) is 4.31 Å². The average molecular weight is 558 g/mol. The smallest absolute Gasteiger partial charge is 0.266 e. The van der Waals surface area contributed by atoms with Crippen LogP contribution >= 0.6 is 15.9 Å². The van der Waals surface area contributed by atoms with Gasteiger partial charge < -0.3 is 0 Å². The molecular formula is C26H25BrFN3O3S. The normalized spacial score (nSPS) is 13.0. The Morgan fingerprint density at radius 1 is 0.971 bits per heavy atom. The Hall–Kier alpha value is -2.88. The third-order valence-electron chi connectivity index (χ3n) is 5.66. The zero-order chi connectivity index (χ0) is 25.3. The molecule has 0 bridgehead atoms. The first kappa shape index (κ1) is 25.2. The van der Waals surface area contributed by atoms with Crippen molar-refractivity contribution in [3.63, 3.8) is 0 Å². The van der Waals surface area contributed by atoms with Gasteiger partial charge in [0.05, 0.1) is 27.5 Å². The molecule has 0 fully saturated rings. The highest BCUT2D eigenvalue weighted by molar-refractivity contribution is 9.10. The standard InChI is InChI=1S/C26H25BrFN3O3S/c1-17(2)16-30(35(33,34)22-14-10-20(28)11-15-22)18(3)25-29-24-7-5-4-6-23(24)26(32)31(25)21-12-8-19(27)9-13-21/h4-15,17-18H,16H2,1-3H3. The Kier molecular flexibility index (Phi) is 7.21. The molecule has 1 aromatic heterocycles. The summed E-state index contributed by atoms with van der Waals surface area (Å²) >= 11 is 3.41. The highest BCUT2D eigenvalue weighted by Crippen LogP contribution is 2.29. The van der Waals surface area contributed by atoms with Crippen LogP contribution in [0.25, 0.3) is 16.6 Å². The molecule has 35 heavy (non-hydrogen) atoms. The molecule has 0 N–H and O–H groups in total. The number of benzene rings is 3. The number of aromatic nitrogens is 2. The fourth-order valence-corrected chi connectivity index (χ4v) is 5.98. The lowest BCUT2D eigenvalue weighted by molar-refractivity contribution is 0.296. The van der Waals surface area contributed by atoms with Crippen molar-refractivity contribution in [2.75, 3.05) is 6.54 Å². The molecule has 9 heteroatoms. The van der Waals surface area contributed by atoms with Gasteiger partial charge in [0.15, 0.2) is 0 Å². The monoisotopic (exact) mass is 557 g/mol. The molecule has 0 aliphatic rings. The van der Waals surface area contributed by atoms with Crippen LogP contribution in [-0.4, -0.2) is 28.8 Å². The highest BCUT2D eigenvalue weighted by Gasteiger charge is 2.33. The summed E-state index contributed by atoms with van der Waals surface area (Å²) in [5, 5.41) is 0.433. The minimum atomic E-state index is -4.03. The molecule has 1 atom stereocenters. The van der Waals surface area contributed by atoms with E-state index in [1.54, 1.807) is 43.3 Å². The van der Waals surface area contributed by atoms with Crippen molar-refractivity contribution in [2.24, 2.45) is 5.92 Å². The molecule has 0 aliphatic carbocycles. The minimum absolute atomic E-state index is 0.0130. The number of halogens is 2. The van der Waals surface area contributed by atoms with Gasteiger partial charge in [-0.1, -0.05) is 41.9 Å². The molecule has 0 aliphatic heterocycles. The fourth-order valence-electron chi connectivity index (χ4n) is 3.96. The van der Waals surface area contributed by atoms with Gasteiger partial charge in [0, 0.05) is 11.0 Å². The lowest BCUT2D eigenvalue weighted by Crippen LogP contribution is -2.39. The maximum Gasteiger partial charge on any atom is 0.266 e. The van der Waals surface area contributed by atoms with Crippen LogP contribution in [0.2, 0.25) is 0 Å². The van der Waals surface area contributed by atoms with Gasteiger partial charge in [0.1, 0.15) is 11.6 Å². The van der Waals surface area contributed by atoms with Crippen molar-refractivity contribution in [1.29, 1.82) is 0 Å². The third kappa shape index (κ3) is 5.07. The van der Waals surface area contributed by atoms with Gasteiger partial charge in [0.2, 0.25) is 10.0 Å². The van der Waals surface area contributed by atoms with E-state index in [1.807, 2.05) is 26.0 Å². The Bertz CT molecular complexity index is 1520. The first-order valence-corrected chi connectivity index (χ1v) is 13.4. The number of sulfonamides is 1. The molecule has 182 valence electrons. The van der Waals surface area contributed by atoms with E-state index in [1.165, 1.54) is 21.0 Å². The van der Waals surface area contributed by atoms with E-state index >= 15 is 0 Å². The summed E-state index contributed by atoms with van der Waals surface area (Å²) in [7, 11) is -4.03. The van der Waals surface area contributed by atoms with E-state index < -0.39 is 21.9 Å². The van der Waals surface area contributed by atoms with E-state index in [-0.39, 0.29) is 22.9 Å². The molecule has 0 amide bonds. The van der Waals surface area contributed by atoms with Crippen molar-refractivity contribution in [3.05, 3.63) is 99.3 Å². The van der Waals surface area contributed by atoms with Crippen LogP contribution < -0.4 is 5.56 Å². The molecule has 4 rings (SSSR count). The summed E-state index contributed by atoms with van der Waals surface area (Å²) in [6, 6.07) is 18.1. The van der Waals surface area contributed by atoms with E-state index in [2.05, 4.69) is 15.9 Å². The summed E-state index contributed by atoms with van der Waals surface area (Å²) in [4.78, 5) is 18.4. The third-order valence-corrected chi connectivity index (χ3v) is 8.14. The van der Waals surface area contributed by atoms with Crippen LogP contribution in [-0.2, 0) is 10.0 Å².